The Bertz CT molecular complexity index is 1110. The number of fused-ring (bicyclic) bond motifs is 1. The second-order valence-corrected chi connectivity index (χ2v) is 7.35. The van der Waals surface area contributed by atoms with Crippen LogP contribution in [0.25, 0.3) is 11.6 Å². The molecule has 1 heterocycles. The highest BCUT2D eigenvalue weighted by molar-refractivity contribution is 9.10. The topological polar surface area (TPSA) is 47.6 Å². The van der Waals surface area contributed by atoms with Crippen molar-refractivity contribution in [3.63, 3.8) is 0 Å². The van der Waals surface area contributed by atoms with Crippen LogP contribution in [0.2, 0.25) is 0 Å². The molecule has 1 aliphatic rings. The van der Waals surface area contributed by atoms with Gasteiger partial charge >= 0.3 is 0 Å². The molecule has 3 aromatic rings. The first kappa shape index (κ1) is 19.2. The molecule has 4 nitrogen and oxygen atoms in total. The van der Waals surface area contributed by atoms with E-state index in [0.717, 1.165) is 26.9 Å². The minimum atomic E-state index is -0.288. The van der Waals surface area contributed by atoms with Gasteiger partial charge < -0.3 is 14.8 Å². The van der Waals surface area contributed by atoms with Crippen LogP contribution in [0, 0.1) is 5.82 Å². The molecule has 0 spiro atoms. The summed E-state index contributed by atoms with van der Waals surface area (Å²) in [7, 11) is 1.56. The molecule has 0 aromatic heterocycles. The molecular weight excluding hydrogens is 437 g/mol. The molecule has 0 saturated carbocycles. The van der Waals surface area contributed by atoms with Gasteiger partial charge in [0.15, 0.2) is 11.5 Å². The highest BCUT2D eigenvalue weighted by atomic mass is 79.9. The van der Waals surface area contributed by atoms with E-state index in [1.54, 1.807) is 25.3 Å². The molecular formula is C23H17BrFNO3. The minimum absolute atomic E-state index is 0.145. The third kappa shape index (κ3) is 4.03. The zero-order chi connectivity index (χ0) is 20.4. The van der Waals surface area contributed by atoms with Gasteiger partial charge in [0.1, 0.15) is 12.4 Å². The average Bonchev–Trinajstić information content (AvgIpc) is 3.04. The molecule has 146 valence electrons. The summed E-state index contributed by atoms with van der Waals surface area (Å²) in [4.78, 5) is 12.4. The number of benzene rings is 3. The third-order valence-corrected chi connectivity index (χ3v) is 5.29. The van der Waals surface area contributed by atoms with Crippen LogP contribution in [-0.2, 0) is 11.4 Å². The van der Waals surface area contributed by atoms with Gasteiger partial charge in [0.25, 0.3) is 5.91 Å². The van der Waals surface area contributed by atoms with Crippen LogP contribution in [0.3, 0.4) is 0 Å². The van der Waals surface area contributed by atoms with Crippen LogP contribution in [0.5, 0.6) is 11.5 Å². The van der Waals surface area contributed by atoms with Gasteiger partial charge in [-0.2, -0.15) is 0 Å². The van der Waals surface area contributed by atoms with E-state index in [4.69, 9.17) is 9.47 Å². The standard InChI is InChI=1S/C23H17BrFNO3/c1-28-21-11-15(10-18-17-4-2-3-5-20(17)26-23(18)27)19(24)12-22(21)29-13-14-6-8-16(25)9-7-14/h2-12H,13H2,1H3,(H,26,27)/b18-10-. The number of methoxy groups -OCH3 is 1. The van der Waals surface area contributed by atoms with Gasteiger partial charge in [0.2, 0.25) is 0 Å². The van der Waals surface area contributed by atoms with Crippen molar-refractivity contribution in [1.29, 1.82) is 0 Å². The molecule has 0 atom stereocenters. The zero-order valence-electron chi connectivity index (χ0n) is 15.5. The first-order chi connectivity index (χ1) is 14.0. The van der Waals surface area contributed by atoms with Crippen LogP contribution in [-0.4, -0.2) is 13.0 Å². The number of para-hydroxylation sites is 1. The summed E-state index contributed by atoms with van der Waals surface area (Å²) in [6.45, 7) is 0.277. The smallest absolute Gasteiger partial charge is 0.256 e. The van der Waals surface area contributed by atoms with Crippen molar-refractivity contribution in [3.8, 4) is 11.5 Å². The average molecular weight is 454 g/mol. The molecule has 1 N–H and O–H groups in total. The second-order valence-electron chi connectivity index (χ2n) is 6.50. The molecule has 1 amide bonds. The van der Waals surface area contributed by atoms with E-state index in [1.807, 2.05) is 36.4 Å². The number of nitrogens with one attached hydrogen (secondary N) is 1. The van der Waals surface area contributed by atoms with Gasteiger partial charge in [-0.1, -0.05) is 46.3 Å². The molecule has 0 bridgehead atoms. The van der Waals surface area contributed by atoms with Gasteiger partial charge in [-0.3, -0.25) is 4.79 Å². The van der Waals surface area contributed by atoms with Crippen molar-refractivity contribution >= 4 is 39.2 Å². The summed E-state index contributed by atoms with van der Waals surface area (Å²) in [5.41, 5.74) is 3.88. The number of hydrogen-bond donors (Lipinski definition) is 1. The van der Waals surface area contributed by atoms with E-state index >= 15 is 0 Å². The number of carbonyl (C=O) groups excluding carboxylic acids is 1. The fourth-order valence-electron chi connectivity index (χ4n) is 3.11. The molecule has 0 saturated heterocycles. The first-order valence-corrected chi connectivity index (χ1v) is 9.71. The Kier molecular flexibility index (Phi) is 5.36. The van der Waals surface area contributed by atoms with Crippen molar-refractivity contribution in [2.24, 2.45) is 0 Å². The maximum Gasteiger partial charge on any atom is 0.256 e. The lowest BCUT2D eigenvalue weighted by Crippen LogP contribution is -2.03. The largest absolute Gasteiger partial charge is 0.493 e. The lowest BCUT2D eigenvalue weighted by atomic mass is 10.0. The highest BCUT2D eigenvalue weighted by Crippen LogP contribution is 2.38. The Morgan fingerprint density at radius 1 is 1.07 bits per heavy atom. The van der Waals surface area contributed by atoms with E-state index in [1.165, 1.54) is 12.1 Å². The Balaban J connectivity index is 1.63. The molecule has 0 fully saturated rings. The third-order valence-electron chi connectivity index (χ3n) is 4.60. The molecule has 6 heteroatoms. The molecule has 4 rings (SSSR count). The molecule has 0 unspecified atom stereocenters. The van der Waals surface area contributed by atoms with Crippen molar-refractivity contribution in [2.75, 3.05) is 12.4 Å². The summed E-state index contributed by atoms with van der Waals surface area (Å²) in [5.74, 6) is 0.647. The van der Waals surface area contributed by atoms with Gasteiger partial charge in [-0.05, 0) is 47.5 Å². The van der Waals surface area contributed by atoms with Gasteiger partial charge in [0.05, 0.1) is 7.11 Å². The summed E-state index contributed by atoms with van der Waals surface area (Å²) < 4.78 is 25.1. The quantitative estimate of drug-likeness (QED) is 0.506. The summed E-state index contributed by atoms with van der Waals surface area (Å²) >= 11 is 3.55. The van der Waals surface area contributed by atoms with Crippen LogP contribution >= 0.6 is 15.9 Å². The highest BCUT2D eigenvalue weighted by Gasteiger charge is 2.24. The van der Waals surface area contributed by atoms with E-state index in [-0.39, 0.29) is 18.3 Å². The van der Waals surface area contributed by atoms with E-state index in [2.05, 4.69) is 21.2 Å². The van der Waals surface area contributed by atoms with Gasteiger partial charge in [-0.15, -0.1) is 0 Å². The van der Waals surface area contributed by atoms with E-state index in [0.29, 0.717) is 17.1 Å². The zero-order valence-corrected chi connectivity index (χ0v) is 17.1. The van der Waals surface area contributed by atoms with Crippen LogP contribution in [0.15, 0.2) is 65.1 Å². The second kappa shape index (κ2) is 8.09. The molecule has 3 aromatic carbocycles. The van der Waals surface area contributed by atoms with Gasteiger partial charge in [-0.25, -0.2) is 4.39 Å². The number of ether oxygens (including phenoxy) is 2. The number of rotatable bonds is 5. The van der Waals surface area contributed by atoms with E-state index < -0.39 is 0 Å². The molecule has 0 aliphatic carbocycles. The maximum atomic E-state index is 13.1. The monoisotopic (exact) mass is 453 g/mol. The summed E-state index contributed by atoms with van der Waals surface area (Å²) in [5, 5.41) is 2.86. The van der Waals surface area contributed by atoms with Crippen molar-refractivity contribution in [1.82, 2.24) is 0 Å². The maximum absolute atomic E-state index is 13.1. The minimum Gasteiger partial charge on any atom is -0.493 e. The van der Waals surface area contributed by atoms with Crippen molar-refractivity contribution in [2.45, 2.75) is 6.61 Å². The number of halogens is 2. The Morgan fingerprint density at radius 2 is 1.83 bits per heavy atom. The van der Waals surface area contributed by atoms with Crippen LogP contribution in [0.1, 0.15) is 16.7 Å². The number of amides is 1. The van der Waals surface area contributed by atoms with Crippen molar-refractivity contribution in [3.05, 3.63) is 87.6 Å². The molecule has 1 aliphatic heterocycles. The normalized spacial score (nSPS) is 13.9. The van der Waals surface area contributed by atoms with Crippen LogP contribution in [0.4, 0.5) is 10.1 Å². The van der Waals surface area contributed by atoms with Crippen LogP contribution < -0.4 is 14.8 Å². The first-order valence-electron chi connectivity index (χ1n) is 8.92. The fourth-order valence-corrected chi connectivity index (χ4v) is 3.55. The molecule has 29 heavy (non-hydrogen) atoms. The number of hydrogen-bond acceptors (Lipinski definition) is 3. The number of anilines is 1. The lowest BCUT2D eigenvalue weighted by molar-refractivity contribution is -0.110. The summed E-state index contributed by atoms with van der Waals surface area (Å²) in [6, 6.07) is 17.3. The predicted molar refractivity (Wildman–Crippen MR) is 114 cm³/mol. The molecule has 0 radical (unpaired) electrons. The van der Waals surface area contributed by atoms with Crippen molar-refractivity contribution < 1.29 is 18.7 Å². The number of carbonyl (C=O) groups is 1. The van der Waals surface area contributed by atoms with Gasteiger partial charge in [0, 0.05) is 21.3 Å². The summed E-state index contributed by atoms with van der Waals surface area (Å²) in [6.07, 6.45) is 1.82. The Labute approximate surface area is 176 Å². The predicted octanol–water partition coefficient (Wildman–Crippen LogP) is 5.67. The SMILES string of the molecule is COc1cc(/C=C2\C(=O)Nc3ccccc32)c(Br)cc1OCc1ccc(F)cc1. The van der Waals surface area contributed by atoms with E-state index in [9.17, 15) is 9.18 Å². The Hall–Kier alpha value is -3.12. The lowest BCUT2D eigenvalue weighted by Gasteiger charge is -2.13. The fraction of sp³-hybridized carbons (Fsp3) is 0.0870. The Morgan fingerprint density at radius 3 is 2.59 bits per heavy atom.